The van der Waals surface area contributed by atoms with E-state index in [2.05, 4.69) is 255 Å². The van der Waals surface area contributed by atoms with E-state index in [0.29, 0.717) is 0 Å². The molecule has 15 rings (SSSR count). The fraction of sp³-hybridized carbons (Fsp3) is 0.0435. The summed E-state index contributed by atoms with van der Waals surface area (Å²) in [6, 6.07) is 86.2. The smallest absolute Gasteiger partial charge is 0.136 e. The van der Waals surface area contributed by atoms with E-state index in [1.54, 1.807) is 0 Å². The summed E-state index contributed by atoms with van der Waals surface area (Å²) in [7, 11) is 0. The molecule has 0 unspecified atom stereocenters. The van der Waals surface area contributed by atoms with Gasteiger partial charge in [-0.1, -0.05) is 159 Å². The molecule has 0 N–H and O–H groups in total. The Balaban J connectivity index is 0.949. The predicted molar refractivity (Wildman–Crippen MR) is 308 cm³/mol. The SMILES string of the molecule is CC1(C)c2ccccc2-c2ccc(-c3c(-c4ccc5oc6ccccc6c5c4-c4ccc(N(c5ccc(-c6ccccc6)cc5)c5ccc6sc7ccccc7c6c5)cc4)ccc4oc5ccccc5c34)cc21. The Morgan fingerprint density at radius 1 is 0.329 bits per heavy atom. The first kappa shape index (κ1) is 41.8. The van der Waals surface area contributed by atoms with Crippen LogP contribution in [0.25, 0.3) is 120 Å². The minimum Gasteiger partial charge on any atom is -0.456 e. The summed E-state index contributed by atoms with van der Waals surface area (Å²) < 4.78 is 15.9. The average molecular weight is 952 g/mol. The minimum absolute atomic E-state index is 0.170. The van der Waals surface area contributed by atoms with E-state index in [1.807, 2.05) is 11.3 Å². The molecule has 1 aliphatic rings. The fourth-order valence-corrected chi connectivity index (χ4v) is 13.1. The highest BCUT2D eigenvalue weighted by Gasteiger charge is 2.36. The van der Waals surface area contributed by atoms with Crippen molar-refractivity contribution in [3.63, 3.8) is 0 Å². The van der Waals surface area contributed by atoms with Crippen LogP contribution in [0.5, 0.6) is 0 Å². The van der Waals surface area contributed by atoms with Gasteiger partial charge in [-0.3, -0.25) is 0 Å². The molecule has 0 bridgehead atoms. The highest BCUT2D eigenvalue weighted by atomic mass is 32.1. The number of furan rings is 2. The zero-order valence-electron chi connectivity index (χ0n) is 40.2. The van der Waals surface area contributed by atoms with E-state index in [4.69, 9.17) is 8.83 Å². The van der Waals surface area contributed by atoms with Crippen LogP contribution in [0, 0.1) is 0 Å². The maximum absolute atomic E-state index is 6.70. The van der Waals surface area contributed by atoms with Crippen molar-refractivity contribution in [3.8, 4) is 55.6 Å². The Morgan fingerprint density at radius 3 is 1.51 bits per heavy atom. The summed E-state index contributed by atoms with van der Waals surface area (Å²) in [4.78, 5) is 2.39. The van der Waals surface area contributed by atoms with Crippen LogP contribution in [-0.4, -0.2) is 0 Å². The number of benzene rings is 11. The Labute approximate surface area is 426 Å². The highest BCUT2D eigenvalue weighted by molar-refractivity contribution is 7.25. The topological polar surface area (TPSA) is 29.5 Å². The van der Waals surface area contributed by atoms with E-state index >= 15 is 0 Å². The molecule has 0 amide bonds. The molecule has 11 aromatic carbocycles. The van der Waals surface area contributed by atoms with Gasteiger partial charge >= 0.3 is 0 Å². The van der Waals surface area contributed by atoms with Gasteiger partial charge in [0.15, 0.2) is 0 Å². The van der Waals surface area contributed by atoms with E-state index in [-0.39, 0.29) is 5.41 Å². The lowest BCUT2D eigenvalue weighted by Crippen LogP contribution is -2.14. The second kappa shape index (κ2) is 16.0. The molecular formula is C69H45NO2S. The third-order valence-corrected chi connectivity index (χ3v) is 16.7. The highest BCUT2D eigenvalue weighted by Crippen LogP contribution is 2.53. The minimum atomic E-state index is -0.170. The summed E-state index contributed by atoms with van der Waals surface area (Å²) in [6.45, 7) is 4.72. The van der Waals surface area contributed by atoms with Crippen molar-refractivity contribution in [2.75, 3.05) is 4.90 Å². The van der Waals surface area contributed by atoms with Gasteiger partial charge in [0, 0.05) is 75.3 Å². The normalized spacial score (nSPS) is 12.9. The molecule has 3 heterocycles. The van der Waals surface area contributed by atoms with Crippen LogP contribution in [-0.2, 0) is 5.41 Å². The molecule has 14 aromatic rings. The van der Waals surface area contributed by atoms with Crippen LogP contribution in [0.4, 0.5) is 17.1 Å². The van der Waals surface area contributed by atoms with Gasteiger partial charge in [-0.05, 0) is 147 Å². The van der Waals surface area contributed by atoms with Gasteiger partial charge in [0.25, 0.3) is 0 Å². The lowest BCUT2D eigenvalue weighted by molar-refractivity contribution is 0.660. The van der Waals surface area contributed by atoms with Crippen molar-refractivity contribution < 1.29 is 8.83 Å². The van der Waals surface area contributed by atoms with Crippen molar-refractivity contribution in [3.05, 3.63) is 248 Å². The van der Waals surface area contributed by atoms with Crippen molar-refractivity contribution in [2.24, 2.45) is 0 Å². The largest absolute Gasteiger partial charge is 0.456 e. The standard InChI is InChI=1S/C69H45NO2S/c1-69(2)57-20-10-6-16-49(57)50-34-28-45(40-58(50)69)66-53(36-38-62-68(66)55-19-8-12-22-60(55)72-62)52-35-37-61-67(54-18-7-11-21-59(54)71-61)65(52)44-26-31-47(32-27-44)70(46-29-24-43(25-30-46)42-14-4-3-5-15-42)48-33-39-64-56(41-48)51-17-9-13-23-63(51)73-64/h3-41H,1-2H3. The first-order valence-electron chi connectivity index (χ1n) is 25.1. The molecule has 73 heavy (non-hydrogen) atoms. The first-order valence-corrected chi connectivity index (χ1v) is 25.9. The van der Waals surface area contributed by atoms with Gasteiger partial charge in [0.05, 0.1) is 0 Å². The summed E-state index contributed by atoms with van der Waals surface area (Å²) in [6.07, 6.45) is 0. The Kier molecular flexibility index (Phi) is 9.17. The lowest BCUT2D eigenvalue weighted by Gasteiger charge is -2.26. The van der Waals surface area contributed by atoms with E-state index in [1.165, 1.54) is 53.6 Å². The van der Waals surface area contributed by atoms with E-state index in [9.17, 15) is 0 Å². The number of hydrogen-bond donors (Lipinski definition) is 0. The maximum atomic E-state index is 6.70. The van der Waals surface area contributed by atoms with Crippen molar-refractivity contribution in [1.82, 2.24) is 0 Å². The van der Waals surface area contributed by atoms with Gasteiger partial charge < -0.3 is 13.7 Å². The van der Waals surface area contributed by atoms with Crippen molar-refractivity contribution >= 4 is 92.4 Å². The molecule has 0 saturated heterocycles. The Bertz CT molecular complexity index is 4520. The molecular weight excluding hydrogens is 907 g/mol. The van der Waals surface area contributed by atoms with Crippen LogP contribution < -0.4 is 4.90 Å². The third kappa shape index (κ3) is 6.44. The molecule has 3 aromatic heterocycles. The van der Waals surface area contributed by atoms with Gasteiger partial charge in [0.2, 0.25) is 0 Å². The van der Waals surface area contributed by atoms with Crippen LogP contribution in [0.15, 0.2) is 245 Å². The molecule has 1 aliphatic carbocycles. The monoisotopic (exact) mass is 951 g/mol. The number of hydrogen-bond acceptors (Lipinski definition) is 4. The van der Waals surface area contributed by atoms with Crippen LogP contribution in [0.2, 0.25) is 0 Å². The van der Waals surface area contributed by atoms with Gasteiger partial charge in [-0.2, -0.15) is 0 Å². The first-order chi connectivity index (χ1) is 35.9. The lowest BCUT2D eigenvalue weighted by atomic mass is 9.80. The predicted octanol–water partition coefficient (Wildman–Crippen LogP) is 20.3. The Morgan fingerprint density at radius 2 is 0.822 bits per heavy atom. The van der Waals surface area contributed by atoms with Crippen LogP contribution >= 0.6 is 11.3 Å². The summed E-state index contributed by atoms with van der Waals surface area (Å²) >= 11 is 1.85. The number of anilines is 3. The summed E-state index contributed by atoms with van der Waals surface area (Å²) in [5.74, 6) is 0. The number of fused-ring (bicyclic) bond motifs is 12. The molecule has 4 heteroatoms. The van der Waals surface area contributed by atoms with E-state index < -0.39 is 0 Å². The number of thiophene rings is 1. The molecule has 3 nitrogen and oxygen atoms in total. The fourth-order valence-electron chi connectivity index (χ4n) is 12.1. The zero-order chi connectivity index (χ0) is 48.4. The molecule has 344 valence electrons. The molecule has 0 atom stereocenters. The second-order valence-corrected chi connectivity index (χ2v) is 21.0. The summed E-state index contributed by atoms with van der Waals surface area (Å²) in [5.41, 5.74) is 21.0. The molecule has 0 spiro atoms. The average Bonchev–Trinajstić information content (AvgIpc) is 4.19. The molecule has 0 radical (unpaired) electrons. The van der Waals surface area contributed by atoms with Gasteiger partial charge in [-0.25, -0.2) is 0 Å². The second-order valence-electron chi connectivity index (χ2n) is 19.9. The van der Waals surface area contributed by atoms with Crippen LogP contribution in [0.3, 0.4) is 0 Å². The van der Waals surface area contributed by atoms with Crippen molar-refractivity contribution in [1.29, 1.82) is 0 Å². The van der Waals surface area contributed by atoms with Gasteiger partial charge in [0.1, 0.15) is 22.3 Å². The number of nitrogens with zero attached hydrogens (tertiary/aromatic N) is 1. The number of para-hydroxylation sites is 2. The van der Waals surface area contributed by atoms with E-state index in [0.717, 1.165) is 94.3 Å². The Hall–Kier alpha value is -8.96. The maximum Gasteiger partial charge on any atom is 0.136 e. The van der Waals surface area contributed by atoms with Crippen molar-refractivity contribution in [2.45, 2.75) is 19.3 Å². The van der Waals surface area contributed by atoms with Gasteiger partial charge in [-0.15, -0.1) is 11.3 Å². The summed E-state index contributed by atoms with van der Waals surface area (Å²) in [5, 5.41) is 6.94. The molecule has 0 aliphatic heterocycles. The quantitative estimate of drug-likeness (QED) is 0.159. The third-order valence-electron chi connectivity index (χ3n) is 15.5. The molecule has 0 fully saturated rings. The number of rotatable bonds is 7. The molecule has 0 saturated carbocycles. The van der Waals surface area contributed by atoms with Crippen LogP contribution in [0.1, 0.15) is 25.0 Å². The zero-order valence-corrected chi connectivity index (χ0v) is 41.0.